The lowest BCUT2D eigenvalue weighted by Crippen LogP contribution is -2.36. The molecule has 0 unspecified atom stereocenters. The van der Waals surface area contributed by atoms with Crippen LogP contribution in [0.25, 0.3) is 5.69 Å². The molecule has 1 aliphatic heterocycles. The number of hydrogen-bond acceptors (Lipinski definition) is 4. The van der Waals surface area contributed by atoms with E-state index in [1.165, 1.54) is 11.0 Å². The number of aromatic nitrogens is 3. The van der Waals surface area contributed by atoms with Gasteiger partial charge in [0.25, 0.3) is 18.1 Å². The summed E-state index contributed by atoms with van der Waals surface area (Å²) in [5.41, 5.74) is 1.32. The molecule has 0 aliphatic carbocycles. The van der Waals surface area contributed by atoms with E-state index in [0.29, 0.717) is 17.1 Å². The number of ether oxygens (including phenoxy) is 1. The monoisotopic (exact) mass is 412 g/mol. The van der Waals surface area contributed by atoms with E-state index in [2.05, 4.69) is 27.7 Å². The number of nitrogens with zero attached hydrogens (tertiary/aromatic N) is 4. The predicted octanol–water partition coefficient (Wildman–Crippen LogP) is 1.35. The molecule has 0 radical (unpaired) electrons. The molecule has 1 aromatic carbocycles. The Morgan fingerprint density at radius 1 is 1.50 bits per heavy atom. The van der Waals surface area contributed by atoms with Crippen LogP contribution in [0.1, 0.15) is 23.1 Å². The second kappa shape index (κ2) is 5.67. The van der Waals surface area contributed by atoms with E-state index in [-0.39, 0.29) is 19.1 Å². The van der Waals surface area contributed by atoms with E-state index in [4.69, 9.17) is 4.74 Å². The molecule has 2 heterocycles. The van der Waals surface area contributed by atoms with Gasteiger partial charge in [-0.3, -0.25) is 4.79 Å². The van der Waals surface area contributed by atoms with Crippen molar-refractivity contribution in [3.05, 3.63) is 39.5 Å². The highest BCUT2D eigenvalue weighted by Crippen LogP contribution is 2.22. The summed E-state index contributed by atoms with van der Waals surface area (Å²) in [6, 6.07) is 5.60. The fraction of sp³-hybridized carbons (Fsp3) is 0.286. The summed E-state index contributed by atoms with van der Waals surface area (Å²) in [4.78, 5) is 26.2. The lowest BCUT2D eigenvalue weighted by molar-refractivity contribution is -0.605. The maximum atomic E-state index is 12.6. The van der Waals surface area contributed by atoms with Gasteiger partial charge in [-0.25, -0.2) is 4.79 Å². The number of carbonyl (C=O) groups is 2. The summed E-state index contributed by atoms with van der Waals surface area (Å²) in [5.74, 6) is 0.495. The van der Waals surface area contributed by atoms with Crippen LogP contribution in [-0.4, -0.2) is 40.3 Å². The van der Waals surface area contributed by atoms with Crippen molar-refractivity contribution < 1.29 is 18.9 Å². The molecule has 114 valence electrons. The summed E-state index contributed by atoms with van der Waals surface area (Å²) in [7, 11) is 1.70. The van der Waals surface area contributed by atoms with Gasteiger partial charge in [0.15, 0.2) is 0 Å². The minimum absolute atomic E-state index is 0.0842. The highest BCUT2D eigenvalue weighted by Gasteiger charge is 2.35. The number of amides is 1. The maximum Gasteiger partial charge on any atom is 0.513 e. The summed E-state index contributed by atoms with van der Waals surface area (Å²) < 4.78 is 8.82. The molecule has 1 aliphatic rings. The van der Waals surface area contributed by atoms with E-state index in [9.17, 15) is 9.59 Å². The zero-order chi connectivity index (χ0) is 15.9. The zero-order valence-electron chi connectivity index (χ0n) is 12.1. The molecule has 3 rings (SSSR count). The maximum absolute atomic E-state index is 12.6. The normalized spacial score (nSPS) is 13.4. The topological polar surface area (TPSA) is 68.3 Å². The van der Waals surface area contributed by atoms with Crippen molar-refractivity contribution in [2.45, 2.75) is 13.5 Å². The fourth-order valence-electron chi connectivity index (χ4n) is 2.42. The molecule has 1 amide bonds. The Morgan fingerprint density at radius 2 is 2.27 bits per heavy atom. The molecular weight excluding hydrogens is 398 g/mol. The molecule has 0 saturated heterocycles. The molecule has 1 aromatic heterocycles. The lowest BCUT2D eigenvalue weighted by atomic mass is 10.1. The minimum atomic E-state index is -0.550. The summed E-state index contributed by atoms with van der Waals surface area (Å²) in [5, 5.41) is 4.11. The van der Waals surface area contributed by atoms with Gasteiger partial charge in [-0.1, -0.05) is 6.07 Å². The Kier molecular flexibility index (Phi) is 3.85. The Balaban J connectivity index is 2.22. The molecule has 2 aromatic rings. The molecule has 0 atom stereocenters. The minimum Gasteiger partial charge on any atom is -0.435 e. The molecule has 7 nitrogen and oxygen atoms in total. The first-order valence-electron chi connectivity index (χ1n) is 6.74. The summed E-state index contributed by atoms with van der Waals surface area (Å²) >= 11 is 2.14. The standard InChI is InChI=1S/C14H14IN4O3/c1-3-22-14(21)19-11-7-17(2)13(20)12-9(15)5-4-6-10(12)18(11)8-16-19/h4-6,8H,3,7H2,1-2H3/q+1/i2-1. The summed E-state index contributed by atoms with van der Waals surface area (Å²) in [6.45, 7) is 2.27. The van der Waals surface area contributed by atoms with E-state index in [0.717, 1.165) is 3.57 Å². The molecule has 0 N–H and O–H groups in total. The SMILES string of the molecule is CCOC(=O)n1nc[n+]2c1CN([11CH3])C(=O)c1c(I)cccc1-2. The molecule has 22 heavy (non-hydrogen) atoms. The first-order chi connectivity index (χ1) is 10.5. The number of carbonyl (C=O) groups excluding carboxylic acids is 2. The van der Waals surface area contributed by atoms with Crippen LogP contribution in [0.2, 0.25) is 0 Å². The van der Waals surface area contributed by atoms with Gasteiger partial charge in [0.2, 0.25) is 0 Å². The Hall–Kier alpha value is -1.97. The van der Waals surface area contributed by atoms with Crippen LogP contribution in [0, 0.1) is 3.57 Å². The average molecular weight is 412 g/mol. The molecule has 0 fully saturated rings. The van der Waals surface area contributed by atoms with Crippen LogP contribution in [0.3, 0.4) is 0 Å². The quantitative estimate of drug-likeness (QED) is 0.524. The van der Waals surface area contributed by atoms with Crippen LogP contribution in [0.5, 0.6) is 0 Å². The van der Waals surface area contributed by atoms with Gasteiger partial charge in [-0.05, 0) is 46.3 Å². The van der Waals surface area contributed by atoms with E-state index in [1.807, 2.05) is 18.2 Å². The first kappa shape index (κ1) is 14.9. The van der Waals surface area contributed by atoms with Crippen LogP contribution >= 0.6 is 22.6 Å². The van der Waals surface area contributed by atoms with Gasteiger partial charge in [0.05, 0.1) is 12.2 Å². The van der Waals surface area contributed by atoms with Gasteiger partial charge in [0, 0.05) is 15.7 Å². The van der Waals surface area contributed by atoms with Crippen molar-refractivity contribution in [2.75, 3.05) is 13.7 Å². The van der Waals surface area contributed by atoms with Crippen molar-refractivity contribution in [1.82, 2.24) is 14.7 Å². The largest absolute Gasteiger partial charge is 0.513 e. The predicted molar refractivity (Wildman–Crippen MR) is 84.7 cm³/mol. The van der Waals surface area contributed by atoms with Gasteiger partial charge >= 0.3 is 6.09 Å². The lowest BCUT2D eigenvalue weighted by Gasteiger charge is -2.13. The van der Waals surface area contributed by atoms with E-state index in [1.54, 1.807) is 23.4 Å². The number of hydrogen-bond donors (Lipinski definition) is 0. The molecule has 0 saturated carbocycles. The molecule has 8 heteroatoms. The van der Waals surface area contributed by atoms with Crippen LogP contribution < -0.4 is 4.57 Å². The number of benzene rings is 1. The number of rotatable bonds is 1. The van der Waals surface area contributed by atoms with Gasteiger partial charge in [-0.2, -0.15) is 4.57 Å². The van der Waals surface area contributed by atoms with Crippen molar-refractivity contribution >= 4 is 34.6 Å². The molecular formula is C14H14IN4O3+. The van der Waals surface area contributed by atoms with Crippen LogP contribution in [0.4, 0.5) is 4.79 Å². The molecule has 0 bridgehead atoms. The van der Waals surface area contributed by atoms with Crippen LogP contribution in [-0.2, 0) is 11.3 Å². The second-order valence-electron chi connectivity index (χ2n) is 4.82. The third kappa shape index (κ3) is 2.27. The average Bonchev–Trinajstić information content (AvgIpc) is 2.85. The van der Waals surface area contributed by atoms with Gasteiger partial charge < -0.3 is 9.64 Å². The van der Waals surface area contributed by atoms with E-state index < -0.39 is 6.09 Å². The highest BCUT2D eigenvalue weighted by molar-refractivity contribution is 14.1. The number of halogens is 1. The van der Waals surface area contributed by atoms with Crippen molar-refractivity contribution in [3.63, 3.8) is 0 Å². The fourth-order valence-corrected chi connectivity index (χ4v) is 3.13. The molecule has 0 spiro atoms. The zero-order valence-corrected chi connectivity index (χ0v) is 14.3. The Morgan fingerprint density at radius 3 is 3.00 bits per heavy atom. The first-order valence-corrected chi connectivity index (χ1v) is 7.82. The van der Waals surface area contributed by atoms with E-state index >= 15 is 0 Å². The van der Waals surface area contributed by atoms with Gasteiger partial charge in [-0.15, -0.1) is 0 Å². The Labute approximate surface area is 140 Å². The Bertz CT molecular complexity index is 771. The second-order valence-corrected chi connectivity index (χ2v) is 5.99. The number of fused-ring (bicyclic) bond motifs is 3. The summed E-state index contributed by atoms with van der Waals surface area (Å²) in [6.07, 6.45) is 0.985. The van der Waals surface area contributed by atoms with Crippen molar-refractivity contribution in [3.8, 4) is 5.69 Å². The third-order valence-electron chi connectivity index (χ3n) is 3.44. The van der Waals surface area contributed by atoms with Crippen LogP contribution in [0.15, 0.2) is 24.5 Å². The smallest absolute Gasteiger partial charge is 0.435 e. The van der Waals surface area contributed by atoms with Crippen molar-refractivity contribution in [2.24, 2.45) is 0 Å². The van der Waals surface area contributed by atoms with Gasteiger partial charge in [0.1, 0.15) is 12.2 Å². The third-order valence-corrected chi connectivity index (χ3v) is 4.34. The van der Waals surface area contributed by atoms with Crippen molar-refractivity contribution in [1.29, 1.82) is 0 Å². The highest BCUT2D eigenvalue weighted by atomic mass is 127.